The minimum Gasteiger partial charge on any atom is -0.480 e. The molecule has 3 N–H and O–H groups in total. The van der Waals surface area contributed by atoms with Crippen LogP contribution in [-0.2, 0) is 9.59 Å². The second-order valence-electron chi connectivity index (χ2n) is 9.10. The van der Waals surface area contributed by atoms with Gasteiger partial charge in [0.25, 0.3) is 0 Å². The van der Waals surface area contributed by atoms with Gasteiger partial charge in [-0.2, -0.15) is 0 Å². The molecule has 1 fully saturated rings. The molecule has 3 atom stereocenters. The van der Waals surface area contributed by atoms with E-state index in [2.05, 4.69) is 72.2 Å². The van der Waals surface area contributed by atoms with Gasteiger partial charge in [-0.3, -0.25) is 14.9 Å². The average Bonchev–Trinajstić information content (AvgIpc) is 2.87. The zero-order chi connectivity index (χ0) is 23.9. The number of carboxylic acid groups (broad SMARTS) is 1. The quantitative estimate of drug-likeness (QED) is 0.454. The normalized spacial score (nSPS) is 19.1. The summed E-state index contributed by atoms with van der Waals surface area (Å²) in [6, 6.07) is 25.5. The number of nitrogens with one attached hydrogen (secondary N) is 2. The Bertz CT molecular complexity index is 1110. The van der Waals surface area contributed by atoms with Gasteiger partial charge >= 0.3 is 5.97 Å². The zero-order valence-corrected chi connectivity index (χ0v) is 19.6. The Balaban J connectivity index is 1.44. The van der Waals surface area contributed by atoms with E-state index in [1.807, 2.05) is 23.1 Å². The molecule has 0 radical (unpaired) electrons. The molecule has 3 aromatic rings. The number of rotatable bonds is 9. The molecule has 178 valence electrons. The van der Waals surface area contributed by atoms with Gasteiger partial charge in [0.2, 0.25) is 5.91 Å². The monoisotopic (exact) mass is 459 g/mol. The molecule has 3 aromatic carbocycles. The maximum absolute atomic E-state index is 12.7. The number of nitrogens with zero attached hydrogens (tertiary/aromatic N) is 1. The van der Waals surface area contributed by atoms with Crippen molar-refractivity contribution < 1.29 is 14.7 Å². The van der Waals surface area contributed by atoms with Crippen molar-refractivity contribution in [3.05, 3.63) is 83.9 Å². The molecular weight excluding hydrogens is 426 g/mol. The van der Waals surface area contributed by atoms with Gasteiger partial charge in [0.1, 0.15) is 0 Å². The number of benzene rings is 3. The van der Waals surface area contributed by atoms with Crippen LogP contribution in [0.25, 0.3) is 10.8 Å². The van der Waals surface area contributed by atoms with E-state index in [4.69, 9.17) is 5.11 Å². The predicted octanol–water partition coefficient (Wildman–Crippen LogP) is 3.80. The fourth-order valence-electron chi connectivity index (χ4n) is 5.00. The fourth-order valence-corrected chi connectivity index (χ4v) is 5.00. The van der Waals surface area contributed by atoms with E-state index < -0.39 is 5.97 Å². The van der Waals surface area contributed by atoms with E-state index in [1.54, 1.807) is 0 Å². The molecule has 6 nitrogen and oxygen atoms in total. The summed E-state index contributed by atoms with van der Waals surface area (Å²) in [5.74, 6) is -0.376. The van der Waals surface area contributed by atoms with Crippen LogP contribution in [0, 0.1) is 5.92 Å². The van der Waals surface area contributed by atoms with Gasteiger partial charge in [0.05, 0.1) is 13.1 Å². The number of hydrogen-bond donors (Lipinski definition) is 3. The Morgan fingerprint density at radius 1 is 1.00 bits per heavy atom. The van der Waals surface area contributed by atoms with Crippen LogP contribution in [0.1, 0.15) is 36.4 Å². The molecule has 1 heterocycles. The molecule has 34 heavy (non-hydrogen) atoms. The number of aliphatic carboxylic acids is 1. The van der Waals surface area contributed by atoms with E-state index in [0.29, 0.717) is 19.0 Å². The number of likely N-dealkylation sites (tertiary alicyclic amines) is 1. The van der Waals surface area contributed by atoms with Gasteiger partial charge in [0.15, 0.2) is 0 Å². The molecule has 0 aliphatic carbocycles. The van der Waals surface area contributed by atoms with Crippen molar-refractivity contribution in [2.45, 2.75) is 25.3 Å². The van der Waals surface area contributed by atoms with Gasteiger partial charge in [0, 0.05) is 25.0 Å². The summed E-state index contributed by atoms with van der Waals surface area (Å²) < 4.78 is 0. The summed E-state index contributed by atoms with van der Waals surface area (Å²) in [5, 5.41) is 17.8. The zero-order valence-electron chi connectivity index (χ0n) is 19.6. The van der Waals surface area contributed by atoms with Gasteiger partial charge in [-0.1, -0.05) is 72.8 Å². The molecule has 0 saturated carbocycles. The van der Waals surface area contributed by atoms with Crippen LogP contribution in [0.3, 0.4) is 0 Å². The minimum absolute atomic E-state index is 0.0438. The van der Waals surface area contributed by atoms with Gasteiger partial charge in [-0.15, -0.1) is 0 Å². The summed E-state index contributed by atoms with van der Waals surface area (Å²) >= 11 is 0. The molecule has 1 amide bonds. The third kappa shape index (κ3) is 5.82. The molecule has 0 aromatic heterocycles. The van der Waals surface area contributed by atoms with Crippen molar-refractivity contribution in [3.8, 4) is 0 Å². The number of fused-ring (bicyclic) bond motifs is 1. The molecule has 1 aliphatic rings. The molecular formula is C28H33N3O3. The molecule has 1 saturated heterocycles. The number of carbonyl (C=O) groups is 2. The topological polar surface area (TPSA) is 81.7 Å². The Kier molecular flexibility index (Phi) is 7.93. The van der Waals surface area contributed by atoms with Crippen molar-refractivity contribution in [1.82, 2.24) is 15.5 Å². The largest absolute Gasteiger partial charge is 0.480 e. The summed E-state index contributed by atoms with van der Waals surface area (Å²) in [6.07, 6.45) is 0.902. The first-order valence-electron chi connectivity index (χ1n) is 12.0. The summed E-state index contributed by atoms with van der Waals surface area (Å²) in [5.41, 5.74) is 2.54. The highest BCUT2D eigenvalue weighted by Crippen LogP contribution is 2.33. The van der Waals surface area contributed by atoms with E-state index in [0.717, 1.165) is 13.0 Å². The predicted molar refractivity (Wildman–Crippen MR) is 135 cm³/mol. The Hall–Kier alpha value is -3.22. The molecule has 0 bridgehead atoms. The first-order valence-corrected chi connectivity index (χ1v) is 12.0. The van der Waals surface area contributed by atoms with E-state index in [9.17, 15) is 9.59 Å². The molecule has 4 rings (SSSR count). The number of carboxylic acids is 1. The van der Waals surface area contributed by atoms with E-state index in [-0.39, 0.29) is 31.0 Å². The standard InChI is InChI=1S/C28H33N3O3/c1-20(24-13-7-11-21-10-5-6-12-25(21)24)30-16-23-14-15-31(27(32)17-29-18-28(33)34)19-26(23)22-8-3-2-4-9-22/h2-13,20,23,26,29-30H,14-19H2,1H3,(H,33,34)/t20-,23?,26?/m1/s1. The smallest absolute Gasteiger partial charge is 0.317 e. The second-order valence-corrected chi connectivity index (χ2v) is 9.10. The fraction of sp³-hybridized carbons (Fsp3) is 0.357. The summed E-state index contributed by atoms with van der Waals surface area (Å²) in [7, 11) is 0. The maximum Gasteiger partial charge on any atom is 0.317 e. The molecule has 2 unspecified atom stereocenters. The van der Waals surface area contributed by atoms with Crippen LogP contribution in [-0.4, -0.2) is 54.6 Å². The van der Waals surface area contributed by atoms with Crippen molar-refractivity contribution in [1.29, 1.82) is 0 Å². The lowest BCUT2D eigenvalue weighted by Crippen LogP contribution is -2.48. The van der Waals surface area contributed by atoms with Crippen molar-refractivity contribution in [2.75, 3.05) is 32.7 Å². The summed E-state index contributed by atoms with van der Waals surface area (Å²) in [4.78, 5) is 25.3. The highest BCUT2D eigenvalue weighted by molar-refractivity contribution is 5.86. The number of carbonyl (C=O) groups excluding carboxylic acids is 1. The first kappa shape index (κ1) is 23.9. The Morgan fingerprint density at radius 2 is 1.74 bits per heavy atom. The Morgan fingerprint density at radius 3 is 2.53 bits per heavy atom. The van der Waals surface area contributed by atoms with Crippen LogP contribution in [0.4, 0.5) is 0 Å². The highest BCUT2D eigenvalue weighted by atomic mass is 16.4. The third-order valence-corrected chi connectivity index (χ3v) is 6.86. The van der Waals surface area contributed by atoms with Crippen LogP contribution >= 0.6 is 0 Å². The number of amides is 1. The van der Waals surface area contributed by atoms with Crippen molar-refractivity contribution in [2.24, 2.45) is 5.92 Å². The third-order valence-electron chi connectivity index (χ3n) is 6.86. The lowest BCUT2D eigenvalue weighted by Gasteiger charge is -2.39. The molecule has 1 aliphatic heterocycles. The molecule has 0 spiro atoms. The second kappa shape index (κ2) is 11.3. The SMILES string of the molecule is C[C@@H](NCC1CCN(C(=O)CNCC(=O)O)CC1c1ccccc1)c1cccc2ccccc12. The van der Waals surface area contributed by atoms with E-state index in [1.165, 1.54) is 21.9 Å². The number of piperidine rings is 1. The van der Waals surface area contributed by atoms with Crippen LogP contribution in [0.15, 0.2) is 72.8 Å². The van der Waals surface area contributed by atoms with Crippen LogP contribution in [0.5, 0.6) is 0 Å². The number of hydrogen-bond acceptors (Lipinski definition) is 4. The van der Waals surface area contributed by atoms with Crippen LogP contribution < -0.4 is 10.6 Å². The van der Waals surface area contributed by atoms with Crippen molar-refractivity contribution in [3.63, 3.8) is 0 Å². The highest BCUT2D eigenvalue weighted by Gasteiger charge is 2.32. The van der Waals surface area contributed by atoms with Gasteiger partial charge in [-0.05, 0) is 47.7 Å². The van der Waals surface area contributed by atoms with Crippen LogP contribution in [0.2, 0.25) is 0 Å². The minimum atomic E-state index is -0.958. The summed E-state index contributed by atoms with van der Waals surface area (Å²) in [6.45, 7) is 4.25. The average molecular weight is 460 g/mol. The Labute approximate surface area is 201 Å². The van der Waals surface area contributed by atoms with Crippen molar-refractivity contribution >= 4 is 22.6 Å². The maximum atomic E-state index is 12.7. The first-order chi connectivity index (χ1) is 16.5. The molecule has 6 heteroatoms. The van der Waals surface area contributed by atoms with Gasteiger partial charge < -0.3 is 15.3 Å². The lowest BCUT2D eigenvalue weighted by atomic mass is 9.80. The van der Waals surface area contributed by atoms with E-state index >= 15 is 0 Å². The lowest BCUT2D eigenvalue weighted by molar-refractivity contribution is -0.136. The van der Waals surface area contributed by atoms with Gasteiger partial charge in [-0.25, -0.2) is 0 Å².